The highest BCUT2D eigenvalue weighted by molar-refractivity contribution is 5.79. The van der Waals surface area contributed by atoms with Gasteiger partial charge in [-0.25, -0.2) is 4.79 Å². The maximum Gasteiger partial charge on any atom is 0.328 e. The third-order valence-corrected chi connectivity index (χ3v) is 2.54. The Labute approximate surface area is 93.3 Å². The molecular weight excluding hydrogens is 206 g/mol. The Morgan fingerprint density at radius 3 is 3.12 bits per heavy atom. The lowest BCUT2D eigenvalue weighted by atomic mass is 10.0. The first-order valence-corrected chi connectivity index (χ1v) is 5.09. The van der Waals surface area contributed by atoms with Gasteiger partial charge in [0.05, 0.1) is 6.61 Å². The number of benzene rings is 1. The number of nitrogens with two attached hydrogens (primary N) is 1. The van der Waals surface area contributed by atoms with Gasteiger partial charge in [0.25, 0.3) is 0 Å². The third-order valence-electron chi connectivity index (χ3n) is 2.54. The van der Waals surface area contributed by atoms with Crippen LogP contribution in [0, 0.1) is 0 Å². The van der Waals surface area contributed by atoms with Gasteiger partial charge in [-0.3, -0.25) is 0 Å². The SMILES string of the molecule is NC(/C=C/C(=O)O)c1ccc2c(c1)CCO2. The van der Waals surface area contributed by atoms with Crippen LogP contribution in [0.15, 0.2) is 30.4 Å². The van der Waals surface area contributed by atoms with Crippen molar-refractivity contribution in [3.05, 3.63) is 41.5 Å². The van der Waals surface area contributed by atoms with Crippen LogP contribution in [0.3, 0.4) is 0 Å². The standard InChI is InChI=1S/C12H13NO3/c13-10(2-4-12(14)15)8-1-3-11-9(7-8)5-6-16-11/h1-4,7,10H,5-6,13H2,(H,14,15)/b4-2+. The molecular formula is C12H13NO3. The summed E-state index contributed by atoms with van der Waals surface area (Å²) in [7, 11) is 0. The van der Waals surface area contributed by atoms with Crippen molar-refractivity contribution in [1.29, 1.82) is 0 Å². The molecule has 4 heteroatoms. The molecule has 1 aromatic rings. The lowest BCUT2D eigenvalue weighted by Gasteiger charge is -2.08. The van der Waals surface area contributed by atoms with E-state index in [1.165, 1.54) is 6.08 Å². The molecule has 1 aliphatic heterocycles. The fraction of sp³-hybridized carbons (Fsp3) is 0.250. The molecule has 1 heterocycles. The van der Waals surface area contributed by atoms with Gasteiger partial charge in [-0.2, -0.15) is 0 Å². The largest absolute Gasteiger partial charge is 0.493 e. The van der Waals surface area contributed by atoms with Gasteiger partial charge in [-0.15, -0.1) is 0 Å². The van der Waals surface area contributed by atoms with Crippen molar-refractivity contribution in [3.8, 4) is 5.75 Å². The van der Waals surface area contributed by atoms with E-state index in [9.17, 15) is 4.79 Å². The molecule has 1 aromatic carbocycles. The molecule has 1 atom stereocenters. The zero-order chi connectivity index (χ0) is 11.5. The van der Waals surface area contributed by atoms with Crippen LogP contribution in [0.5, 0.6) is 5.75 Å². The first kappa shape index (κ1) is 10.7. The average Bonchev–Trinajstić information content (AvgIpc) is 2.72. The average molecular weight is 219 g/mol. The summed E-state index contributed by atoms with van der Waals surface area (Å²) in [6.45, 7) is 0.707. The number of aliphatic carboxylic acids is 1. The van der Waals surface area contributed by atoms with Crippen LogP contribution in [-0.2, 0) is 11.2 Å². The number of fused-ring (bicyclic) bond motifs is 1. The molecule has 0 bridgehead atoms. The van der Waals surface area contributed by atoms with Crippen LogP contribution >= 0.6 is 0 Å². The number of carboxylic acids is 1. The van der Waals surface area contributed by atoms with E-state index in [-0.39, 0.29) is 6.04 Å². The molecule has 0 aliphatic carbocycles. The molecule has 0 amide bonds. The van der Waals surface area contributed by atoms with E-state index in [1.807, 2.05) is 18.2 Å². The summed E-state index contributed by atoms with van der Waals surface area (Å²) in [5, 5.41) is 8.50. The second-order valence-electron chi connectivity index (χ2n) is 3.69. The van der Waals surface area contributed by atoms with Crippen molar-refractivity contribution in [2.24, 2.45) is 5.73 Å². The summed E-state index contributed by atoms with van der Waals surface area (Å²) in [4.78, 5) is 10.4. The Bertz CT molecular complexity index is 440. The van der Waals surface area contributed by atoms with Gasteiger partial charge in [0.15, 0.2) is 0 Å². The van der Waals surface area contributed by atoms with E-state index in [4.69, 9.17) is 15.6 Å². The van der Waals surface area contributed by atoms with Crippen LogP contribution in [0.4, 0.5) is 0 Å². The second kappa shape index (κ2) is 4.37. The zero-order valence-corrected chi connectivity index (χ0v) is 8.72. The highest BCUT2D eigenvalue weighted by Gasteiger charge is 2.13. The monoisotopic (exact) mass is 219 g/mol. The Morgan fingerprint density at radius 2 is 2.38 bits per heavy atom. The Kier molecular flexibility index (Phi) is 2.92. The fourth-order valence-electron chi connectivity index (χ4n) is 1.71. The van der Waals surface area contributed by atoms with Gasteiger partial charge in [-0.1, -0.05) is 18.2 Å². The number of hydrogen-bond donors (Lipinski definition) is 2. The molecule has 1 aliphatic rings. The van der Waals surface area contributed by atoms with Crippen molar-refractivity contribution in [2.45, 2.75) is 12.5 Å². The second-order valence-corrected chi connectivity index (χ2v) is 3.69. The Hall–Kier alpha value is -1.81. The topological polar surface area (TPSA) is 72.6 Å². The molecule has 3 N–H and O–H groups in total. The molecule has 0 saturated heterocycles. The molecule has 0 aromatic heterocycles. The van der Waals surface area contributed by atoms with E-state index in [2.05, 4.69) is 0 Å². The van der Waals surface area contributed by atoms with Gasteiger partial charge >= 0.3 is 5.97 Å². The fourth-order valence-corrected chi connectivity index (χ4v) is 1.71. The summed E-state index contributed by atoms with van der Waals surface area (Å²) in [5.74, 6) is -0.0851. The third kappa shape index (κ3) is 2.23. The van der Waals surface area contributed by atoms with E-state index in [0.717, 1.165) is 29.4 Å². The smallest absolute Gasteiger partial charge is 0.328 e. The van der Waals surface area contributed by atoms with Crippen LogP contribution in [0.1, 0.15) is 17.2 Å². The molecule has 1 unspecified atom stereocenters. The number of ether oxygens (including phenoxy) is 1. The minimum absolute atomic E-state index is 0.387. The van der Waals surface area contributed by atoms with E-state index < -0.39 is 5.97 Å². The quantitative estimate of drug-likeness (QED) is 0.751. The number of hydrogen-bond acceptors (Lipinski definition) is 3. The summed E-state index contributed by atoms with van der Waals surface area (Å²) >= 11 is 0. The lowest BCUT2D eigenvalue weighted by molar-refractivity contribution is -0.131. The van der Waals surface area contributed by atoms with Gasteiger partial charge in [0, 0.05) is 18.5 Å². The van der Waals surface area contributed by atoms with Gasteiger partial charge in [0.2, 0.25) is 0 Å². The van der Waals surface area contributed by atoms with E-state index in [0.29, 0.717) is 6.61 Å². The molecule has 4 nitrogen and oxygen atoms in total. The van der Waals surface area contributed by atoms with Gasteiger partial charge in [-0.05, 0) is 17.2 Å². The van der Waals surface area contributed by atoms with Crippen molar-refractivity contribution >= 4 is 5.97 Å². The van der Waals surface area contributed by atoms with Crippen molar-refractivity contribution < 1.29 is 14.6 Å². The molecule has 0 spiro atoms. The normalized spacial score (nSPS) is 15.8. The molecule has 84 valence electrons. The van der Waals surface area contributed by atoms with Crippen molar-refractivity contribution in [1.82, 2.24) is 0 Å². The van der Waals surface area contributed by atoms with Crippen molar-refractivity contribution in [2.75, 3.05) is 6.61 Å². The van der Waals surface area contributed by atoms with Crippen molar-refractivity contribution in [3.63, 3.8) is 0 Å². The molecule has 2 rings (SSSR count). The lowest BCUT2D eigenvalue weighted by Crippen LogP contribution is -2.07. The van der Waals surface area contributed by atoms with Crippen LogP contribution < -0.4 is 10.5 Å². The van der Waals surface area contributed by atoms with Gasteiger partial charge in [0.1, 0.15) is 5.75 Å². The van der Waals surface area contributed by atoms with Gasteiger partial charge < -0.3 is 15.6 Å². The first-order chi connectivity index (χ1) is 7.66. The summed E-state index contributed by atoms with van der Waals surface area (Å²) in [6, 6.07) is 5.33. The number of rotatable bonds is 3. The number of carboxylic acid groups (broad SMARTS) is 1. The predicted molar refractivity (Wildman–Crippen MR) is 59.3 cm³/mol. The summed E-state index contributed by atoms with van der Waals surface area (Å²) in [5.41, 5.74) is 7.89. The molecule has 0 saturated carbocycles. The molecule has 0 radical (unpaired) electrons. The Balaban J connectivity index is 2.18. The first-order valence-electron chi connectivity index (χ1n) is 5.09. The summed E-state index contributed by atoms with van der Waals surface area (Å²) in [6.07, 6.45) is 3.42. The maximum atomic E-state index is 10.4. The predicted octanol–water partition coefficient (Wildman–Crippen LogP) is 1.26. The minimum Gasteiger partial charge on any atom is -0.493 e. The highest BCUT2D eigenvalue weighted by Crippen LogP contribution is 2.27. The van der Waals surface area contributed by atoms with Crippen LogP contribution in [-0.4, -0.2) is 17.7 Å². The Morgan fingerprint density at radius 1 is 1.56 bits per heavy atom. The summed E-state index contributed by atoms with van der Waals surface area (Å²) < 4.78 is 5.38. The van der Waals surface area contributed by atoms with Crippen LogP contribution in [0.25, 0.3) is 0 Å². The number of carbonyl (C=O) groups is 1. The highest BCUT2D eigenvalue weighted by atomic mass is 16.5. The minimum atomic E-state index is -0.986. The molecule has 16 heavy (non-hydrogen) atoms. The maximum absolute atomic E-state index is 10.4. The van der Waals surface area contributed by atoms with E-state index in [1.54, 1.807) is 0 Å². The van der Waals surface area contributed by atoms with Crippen LogP contribution in [0.2, 0.25) is 0 Å². The zero-order valence-electron chi connectivity index (χ0n) is 8.72. The van der Waals surface area contributed by atoms with E-state index >= 15 is 0 Å². The molecule has 0 fully saturated rings.